The van der Waals surface area contributed by atoms with Crippen LogP contribution in [0.2, 0.25) is 5.15 Å². The summed E-state index contributed by atoms with van der Waals surface area (Å²) in [6.45, 7) is 0. The van der Waals surface area contributed by atoms with Crippen LogP contribution >= 0.6 is 38.9 Å². The van der Waals surface area contributed by atoms with Crippen LogP contribution in [0.1, 0.15) is 9.67 Å². The van der Waals surface area contributed by atoms with Crippen molar-refractivity contribution in [1.29, 1.82) is 0 Å². The molecule has 0 spiro atoms. The number of carbonyl (C=O) groups is 1. The van der Waals surface area contributed by atoms with E-state index in [1.54, 1.807) is 18.3 Å². The molecule has 0 fully saturated rings. The number of nitrogens with one attached hydrogen (secondary N) is 1. The standard InChI is InChI=1S/C10H6BrClN2OS/c11-7-2-4-16-9(7)10(15)14-6-1-3-13-8(12)5-6/h1-5H,(H,13,14,15). The molecule has 2 heterocycles. The molecule has 0 unspecified atom stereocenters. The summed E-state index contributed by atoms with van der Waals surface area (Å²) in [5.41, 5.74) is 0.630. The Kier molecular flexibility index (Phi) is 3.58. The van der Waals surface area contributed by atoms with Crippen LogP contribution in [-0.2, 0) is 0 Å². The van der Waals surface area contributed by atoms with Crippen LogP contribution in [0.4, 0.5) is 5.69 Å². The molecule has 6 heteroatoms. The smallest absolute Gasteiger partial charge is 0.266 e. The lowest BCUT2D eigenvalue weighted by Gasteiger charge is -2.03. The Bertz CT molecular complexity index is 529. The Labute approximate surface area is 110 Å². The van der Waals surface area contributed by atoms with Gasteiger partial charge in [-0.1, -0.05) is 11.6 Å². The van der Waals surface area contributed by atoms with Crippen molar-refractivity contribution in [1.82, 2.24) is 4.98 Å². The second-order valence-electron chi connectivity index (χ2n) is 2.92. The van der Waals surface area contributed by atoms with Crippen LogP contribution in [0.25, 0.3) is 0 Å². The summed E-state index contributed by atoms with van der Waals surface area (Å²) in [6.07, 6.45) is 1.54. The van der Waals surface area contributed by atoms with Gasteiger partial charge in [0, 0.05) is 16.4 Å². The van der Waals surface area contributed by atoms with Gasteiger partial charge in [-0.2, -0.15) is 0 Å². The van der Waals surface area contributed by atoms with Gasteiger partial charge >= 0.3 is 0 Å². The average Bonchev–Trinajstić information content (AvgIpc) is 2.64. The van der Waals surface area contributed by atoms with E-state index in [-0.39, 0.29) is 5.91 Å². The molecule has 1 N–H and O–H groups in total. The average molecular weight is 318 g/mol. The first kappa shape index (κ1) is 11.6. The zero-order chi connectivity index (χ0) is 11.5. The van der Waals surface area contributed by atoms with Crippen molar-refractivity contribution in [2.24, 2.45) is 0 Å². The van der Waals surface area contributed by atoms with Gasteiger partial charge in [0.2, 0.25) is 0 Å². The molecule has 1 amide bonds. The molecule has 2 aromatic rings. The third kappa shape index (κ3) is 2.61. The third-order valence-corrected chi connectivity index (χ3v) is 3.85. The van der Waals surface area contributed by atoms with Gasteiger partial charge in [0.25, 0.3) is 5.91 Å². The van der Waals surface area contributed by atoms with E-state index in [1.807, 2.05) is 11.4 Å². The largest absolute Gasteiger partial charge is 0.321 e. The number of aromatic nitrogens is 1. The van der Waals surface area contributed by atoms with Gasteiger partial charge in [0.05, 0.1) is 0 Å². The number of halogens is 2. The number of anilines is 1. The number of thiophene rings is 1. The molecule has 0 radical (unpaired) electrons. The molecule has 2 rings (SSSR count). The van der Waals surface area contributed by atoms with E-state index in [0.29, 0.717) is 15.7 Å². The predicted octanol–water partition coefficient (Wildman–Crippen LogP) is 3.81. The lowest BCUT2D eigenvalue weighted by Crippen LogP contribution is -2.10. The molecule has 0 saturated carbocycles. The first-order valence-corrected chi connectivity index (χ1v) is 6.38. The predicted molar refractivity (Wildman–Crippen MR) is 69.2 cm³/mol. The minimum Gasteiger partial charge on any atom is -0.321 e. The van der Waals surface area contributed by atoms with Crippen LogP contribution in [0.3, 0.4) is 0 Å². The molecule has 0 aliphatic carbocycles. The highest BCUT2D eigenvalue weighted by molar-refractivity contribution is 9.10. The molecular weight excluding hydrogens is 312 g/mol. The van der Waals surface area contributed by atoms with Gasteiger partial charge in [-0.15, -0.1) is 11.3 Å². The van der Waals surface area contributed by atoms with Crippen molar-refractivity contribution in [3.8, 4) is 0 Å². The third-order valence-electron chi connectivity index (χ3n) is 1.81. The van der Waals surface area contributed by atoms with Gasteiger partial charge in [0.1, 0.15) is 10.0 Å². The Morgan fingerprint density at radius 2 is 2.31 bits per heavy atom. The fourth-order valence-electron chi connectivity index (χ4n) is 1.12. The monoisotopic (exact) mass is 316 g/mol. The maximum Gasteiger partial charge on any atom is 0.266 e. The quantitative estimate of drug-likeness (QED) is 0.856. The molecule has 16 heavy (non-hydrogen) atoms. The highest BCUT2D eigenvalue weighted by Crippen LogP contribution is 2.24. The van der Waals surface area contributed by atoms with Crippen molar-refractivity contribution < 1.29 is 4.79 Å². The van der Waals surface area contributed by atoms with E-state index in [9.17, 15) is 4.79 Å². The Hall–Kier alpha value is -0.910. The van der Waals surface area contributed by atoms with Crippen molar-refractivity contribution in [2.45, 2.75) is 0 Å². The minimum atomic E-state index is -0.163. The summed E-state index contributed by atoms with van der Waals surface area (Å²) in [6, 6.07) is 5.12. The van der Waals surface area contributed by atoms with Crippen LogP contribution in [-0.4, -0.2) is 10.9 Å². The SMILES string of the molecule is O=C(Nc1ccnc(Cl)c1)c1sccc1Br. The van der Waals surface area contributed by atoms with Crippen molar-refractivity contribution in [2.75, 3.05) is 5.32 Å². The molecule has 82 valence electrons. The van der Waals surface area contributed by atoms with E-state index in [4.69, 9.17) is 11.6 Å². The molecule has 0 saturated heterocycles. The van der Waals surface area contributed by atoms with Gasteiger partial charge in [-0.25, -0.2) is 4.98 Å². The minimum absolute atomic E-state index is 0.163. The van der Waals surface area contributed by atoms with E-state index < -0.39 is 0 Å². The first-order chi connectivity index (χ1) is 7.66. The number of rotatable bonds is 2. The van der Waals surface area contributed by atoms with E-state index >= 15 is 0 Å². The normalized spacial score (nSPS) is 10.1. The summed E-state index contributed by atoms with van der Waals surface area (Å²) in [7, 11) is 0. The number of amides is 1. The lowest BCUT2D eigenvalue weighted by molar-refractivity contribution is 0.103. The topological polar surface area (TPSA) is 42.0 Å². The lowest BCUT2D eigenvalue weighted by atomic mass is 10.4. The molecule has 3 nitrogen and oxygen atoms in total. The van der Waals surface area contributed by atoms with Crippen LogP contribution in [0, 0.1) is 0 Å². The number of carbonyl (C=O) groups excluding carboxylic acids is 1. The van der Waals surface area contributed by atoms with Crippen molar-refractivity contribution in [3.63, 3.8) is 0 Å². The number of nitrogens with zero attached hydrogens (tertiary/aromatic N) is 1. The fourth-order valence-corrected chi connectivity index (χ4v) is 2.74. The molecular formula is C10H6BrClN2OS. The van der Waals surface area contributed by atoms with Gasteiger partial charge in [-0.3, -0.25) is 4.79 Å². The van der Waals surface area contributed by atoms with Crippen LogP contribution in [0.15, 0.2) is 34.2 Å². The summed E-state index contributed by atoms with van der Waals surface area (Å²) in [4.78, 5) is 16.3. The first-order valence-electron chi connectivity index (χ1n) is 4.33. The van der Waals surface area contributed by atoms with Crippen molar-refractivity contribution in [3.05, 3.63) is 44.3 Å². The maximum absolute atomic E-state index is 11.8. The summed E-state index contributed by atoms with van der Waals surface area (Å²) in [5.74, 6) is -0.163. The Morgan fingerprint density at radius 3 is 2.94 bits per heavy atom. The zero-order valence-electron chi connectivity index (χ0n) is 7.91. The summed E-state index contributed by atoms with van der Waals surface area (Å²) >= 11 is 10.4. The Morgan fingerprint density at radius 1 is 1.50 bits per heavy atom. The highest BCUT2D eigenvalue weighted by atomic mass is 79.9. The highest BCUT2D eigenvalue weighted by Gasteiger charge is 2.11. The fraction of sp³-hybridized carbons (Fsp3) is 0. The summed E-state index contributed by atoms with van der Waals surface area (Å²) < 4.78 is 0.787. The summed E-state index contributed by atoms with van der Waals surface area (Å²) in [5, 5.41) is 4.94. The number of pyridine rings is 1. The number of hydrogen-bond acceptors (Lipinski definition) is 3. The van der Waals surface area contributed by atoms with E-state index in [0.717, 1.165) is 4.47 Å². The molecule has 0 aromatic carbocycles. The van der Waals surface area contributed by atoms with Gasteiger partial charge < -0.3 is 5.32 Å². The van der Waals surface area contributed by atoms with Crippen LogP contribution in [0.5, 0.6) is 0 Å². The number of hydrogen-bond donors (Lipinski definition) is 1. The Balaban J connectivity index is 2.17. The second-order valence-corrected chi connectivity index (χ2v) is 5.08. The zero-order valence-corrected chi connectivity index (χ0v) is 11.1. The van der Waals surface area contributed by atoms with E-state index in [2.05, 4.69) is 26.2 Å². The molecule has 0 bridgehead atoms. The second kappa shape index (κ2) is 4.95. The van der Waals surface area contributed by atoms with Gasteiger partial charge in [-0.05, 0) is 39.5 Å². The maximum atomic E-state index is 11.8. The van der Waals surface area contributed by atoms with Gasteiger partial charge in [0.15, 0.2) is 0 Å². The van der Waals surface area contributed by atoms with Crippen LogP contribution < -0.4 is 5.32 Å². The molecule has 0 aliphatic rings. The molecule has 0 atom stereocenters. The molecule has 2 aromatic heterocycles. The van der Waals surface area contributed by atoms with Crippen molar-refractivity contribution >= 4 is 50.5 Å². The van der Waals surface area contributed by atoms with E-state index in [1.165, 1.54) is 11.3 Å². The molecule has 0 aliphatic heterocycles.